The van der Waals surface area contributed by atoms with Crippen LogP contribution in [0.3, 0.4) is 0 Å². The zero-order valence-corrected chi connectivity index (χ0v) is 25.4. The van der Waals surface area contributed by atoms with Crippen molar-refractivity contribution in [2.24, 2.45) is 11.7 Å². The van der Waals surface area contributed by atoms with Gasteiger partial charge in [-0.15, -0.1) is 0 Å². The molecule has 1 aromatic carbocycles. The topological polar surface area (TPSA) is 240 Å². The van der Waals surface area contributed by atoms with Crippen molar-refractivity contribution in [1.29, 1.82) is 0 Å². The Morgan fingerprint density at radius 3 is 2.09 bits per heavy atom. The molecule has 15 nitrogen and oxygen atoms in total. The molecule has 0 saturated carbocycles. The Kier molecular flexibility index (Phi) is 13.7. The molecule has 0 unspecified atom stereocenters. The number of hydrogen-bond acceptors (Lipinski definition) is 9. The number of aliphatic hydroxyl groups excluding tert-OH is 2. The third-order valence-electron chi connectivity index (χ3n) is 7.32. The van der Waals surface area contributed by atoms with Crippen LogP contribution in [0.2, 0.25) is 0 Å². The average molecular weight is 621 g/mol. The van der Waals surface area contributed by atoms with Gasteiger partial charge in [-0.05, 0) is 44.6 Å². The predicted octanol–water partition coefficient (Wildman–Crippen LogP) is -2.38. The smallest absolute Gasteiger partial charge is 0.328 e. The number of benzene rings is 1. The van der Waals surface area contributed by atoms with Gasteiger partial charge in [-0.1, -0.05) is 44.2 Å². The van der Waals surface area contributed by atoms with Crippen molar-refractivity contribution in [2.45, 2.75) is 89.3 Å². The molecule has 44 heavy (non-hydrogen) atoms. The van der Waals surface area contributed by atoms with Gasteiger partial charge in [-0.25, -0.2) is 4.79 Å². The number of nitrogens with two attached hydrogens (primary N) is 1. The van der Waals surface area contributed by atoms with Crippen molar-refractivity contribution in [3.8, 4) is 0 Å². The SMILES string of the molecule is CC(C)[C@H](NC(=O)[C@@H]1CCCN1C(=O)[C@@H](NC(=O)[C@@H](N)Cc1ccccc1)[C@@H](C)O)C(=O)N[C@@H](C)C(=O)N[C@@H](CO)C(=O)O. The summed E-state index contributed by atoms with van der Waals surface area (Å²) in [6.45, 7) is 5.32. The molecule has 1 fully saturated rings. The molecule has 1 aromatic rings. The summed E-state index contributed by atoms with van der Waals surface area (Å²) in [5.41, 5.74) is 6.87. The van der Waals surface area contributed by atoms with Gasteiger partial charge in [0.25, 0.3) is 0 Å². The van der Waals surface area contributed by atoms with Gasteiger partial charge >= 0.3 is 5.97 Å². The number of aliphatic carboxylic acids is 1. The maximum atomic E-state index is 13.5. The first-order chi connectivity index (χ1) is 20.7. The van der Waals surface area contributed by atoms with Crippen molar-refractivity contribution in [2.75, 3.05) is 13.2 Å². The van der Waals surface area contributed by atoms with Crippen molar-refractivity contribution in [3.05, 3.63) is 35.9 Å². The number of carboxylic acids is 1. The number of carboxylic acid groups (broad SMARTS) is 1. The molecule has 5 amide bonds. The van der Waals surface area contributed by atoms with Crippen LogP contribution in [0.4, 0.5) is 0 Å². The maximum Gasteiger partial charge on any atom is 0.328 e. The van der Waals surface area contributed by atoms with Crippen molar-refractivity contribution in [1.82, 2.24) is 26.2 Å². The number of carbonyl (C=O) groups excluding carboxylic acids is 5. The number of nitrogens with zero attached hydrogens (tertiary/aromatic N) is 1. The Bertz CT molecular complexity index is 1180. The fourth-order valence-corrected chi connectivity index (χ4v) is 4.73. The number of nitrogens with one attached hydrogen (secondary N) is 4. The molecule has 0 aliphatic carbocycles. The molecule has 0 aromatic heterocycles. The van der Waals surface area contributed by atoms with Crippen LogP contribution in [0, 0.1) is 5.92 Å². The molecule has 1 aliphatic heterocycles. The van der Waals surface area contributed by atoms with E-state index in [4.69, 9.17) is 15.9 Å². The molecule has 1 saturated heterocycles. The quantitative estimate of drug-likeness (QED) is 0.104. The van der Waals surface area contributed by atoms with Crippen LogP contribution < -0.4 is 27.0 Å². The van der Waals surface area contributed by atoms with Crippen LogP contribution in [-0.2, 0) is 35.2 Å². The first-order valence-electron chi connectivity index (χ1n) is 14.5. The highest BCUT2D eigenvalue weighted by Crippen LogP contribution is 2.20. The van der Waals surface area contributed by atoms with Gasteiger partial charge in [0, 0.05) is 6.54 Å². The van der Waals surface area contributed by atoms with Crippen LogP contribution in [0.15, 0.2) is 30.3 Å². The van der Waals surface area contributed by atoms with Gasteiger partial charge in [0.15, 0.2) is 0 Å². The lowest BCUT2D eigenvalue weighted by atomic mass is 10.0. The predicted molar refractivity (Wildman–Crippen MR) is 157 cm³/mol. The molecule has 0 bridgehead atoms. The second-order valence-corrected chi connectivity index (χ2v) is 11.3. The highest BCUT2D eigenvalue weighted by Gasteiger charge is 2.41. The number of aliphatic hydroxyl groups is 2. The second-order valence-electron chi connectivity index (χ2n) is 11.3. The molecule has 1 aliphatic rings. The number of hydrogen-bond donors (Lipinski definition) is 8. The highest BCUT2D eigenvalue weighted by atomic mass is 16.4. The van der Waals surface area contributed by atoms with E-state index in [0.29, 0.717) is 6.42 Å². The van der Waals surface area contributed by atoms with E-state index in [1.807, 2.05) is 18.2 Å². The molecule has 0 radical (unpaired) electrons. The summed E-state index contributed by atoms with van der Waals surface area (Å²) in [4.78, 5) is 77.4. The Morgan fingerprint density at radius 1 is 0.909 bits per heavy atom. The zero-order chi connectivity index (χ0) is 33.1. The monoisotopic (exact) mass is 620 g/mol. The van der Waals surface area contributed by atoms with E-state index in [1.165, 1.54) is 18.7 Å². The molecular weight excluding hydrogens is 576 g/mol. The Balaban J connectivity index is 2.08. The van der Waals surface area contributed by atoms with E-state index in [0.717, 1.165) is 5.56 Å². The third kappa shape index (κ3) is 9.99. The minimum absolute atomic E-state index is 0.178. The number of likely N-dealkylation sites (tertiary alicyclic amines) is 1. The van der Waals surface area contributed by atoms with Gasteiger partial charge in [-0.2, -0.15) is 0 Å². The molecule has 2 rings (SSSR count). The van der Waals surface area contributed by atoms with Crippen molar-refractivity contribution in [3.63, 3.8) is 0 Å². The van der Waals surface area contributed by atoms with E-state index in [-0.39, 0.29) is 19.4 Å². The molecule has 244 valence electrons. The van der Waals surface area contributed by atoms with E-state index in [2.05, 4.69) is 21.3 Å². The van der Waals surface area contributed by atoms with E-state index in [1.54, 1.807) is 26.0 Å². The number of amides is 5. The van der Waals surface area contributed by atoms with E-state index in [9.17, 15) is 33.9 Å². The molecule has 15 heteroatoms. The Morgan fingerprint density at radius 2 is 1.55 bits per heavy atom. The van der Waals surface area contributed by atoms with E-state index < -0.39 is 90.4 Å². The summed E-state index contributed by atoms with van der Waals surface area (Å²) < 4.78 is 0. The molecule has 7 atom stereocenters. The van der Waals surface area contributed by atoms with E-state index >= 15 is 0 Å². The number of rotatable bonds is 15. The average Bonchev–Trinajstić information content (AvgIpc) is 3.46. The Labute approximate surface area is 255 Å². The third-order valence-corrected chi connectivity index (χ3v) is 7.32. The molecule has 1 heterocycles. The van der Waals surface area contributed by atoms with Crippen LogP contribution >= 0.6 is 0 Å². The summed E-state index contributed by atoms with van der Waals surface area (Å²) in [5, 5.41) is 38.2. The van der Waals surface area contributed by atoms with Gasteiger partial charge in [0.05, 0.1) is 18.8 Å². The maximum absolute atomic E-state index is 13.5. The summed E-state index contributed by atoms with van der Waals surface area (Å²) in [5.74, 6) is -5.42. The fourth-order valence-electron chi connectivity index (χ4n) is 4.73. The van der Waals surface area contributed by atoms with Gasteiger partial charge in [-0.3, -0.25) is 24.0 Å². The second kappa shape index (κ2) is 16.7. The van der Waals surface area contributed by atoms with Crippen LogP contribution in [0.25, 0.3) is 0 Å². The fraction of sp³-hybridized carbons (Fsp3) is 0.586. The standard InChI is InChI=1S/C29H44N6O9/c1-15(2)22(27(41)31-16(3)24(38)32-20(14-36)29(43)44)33-26(40)21-11-8-12-35(21)28(42)23(17(4)37)34-25(39)19(30)13-18-9-6-5-7-10-18/h5-7,9-10,15-17,19-23,36-37H,8,11-14,30H2,1-4H3,(H,31,41)(H,32,38)(H,33,40)(H,34,39)(H,43,44)/t16-,17+,19-,20-,21-,22-,23-/m0/s1. The van der Waals surface area contributed by atoms with Crippen molar-refractivity contribution >= 4 is 35.5 Å². The van der Waals surface area contributed by atoms with Crippen molar-refractivity contribution < 1.29 is 44.1 Å². The van der Waals surface area contributed by atoms with Crippen LogP contribution in [0.1, 0.15) is 46.1 Å². The lowest BCUT2D eigenvalue weighted by molar-refractivity contribution is -0.144. The molecular formula is C29H44N6O9. The first kappa shape index (κ1) is 36.1. The Hall–Kier alpha value is -4.08. The van der Waals surface area contributed by atoms with Crippen LogP contribution in [-0.4, -0.2) is 111 Å². The lowest BCUT2D eigenvalue weighted by Crippen LogP contribution is -2.61. The lowest BCUT2D eigenvalue weighted by Gasteiger charge is -2.32. The minimum Gasteiger partial charge on any atom is -0.480 e. The summed E-state index contributed by atoms with van der Waals surface area (Å²) in [6, 6.07) is 1.85. The minimum atomic E-state index is -1.55. The summed E-state index contributed by atoms with van der Waals surface area (Å²) >= 11 is 0. The van der Waals surface area contributed by atoms with Gasteiger partial charge < -0.3 is 47.2 Å². The summed E-state index contributed by atoms with van der Waals surface area (Å²) in [7, 11) is 0. The molecule has 0 spiro atoms. The normalized spacial score (nSPS) is 18.7. The van der Waals surface area contributed by atoms with Gasteiger partial charge in [0.1, 0.15) is 30.2 Å². The summed E-state index contributed by atoms with van der Waals surface area (Å²) in [6.07, 6.45) is -0.353. The number of carbonyl (C=O) groups is 6. The largest absolute Gasteiger partial charge is 0.480 e. The van der Waals surface area contributed by atoms with Crippen LogP contribution in [0.5, 0.6) is 0 Å². The van der Waals surface area contributed by atoms with Gasteiger partial charge in [0.2, 0.25) is 29.5 Å². The zero-order valence-electron chi connectivity index (χ0n) is 25.4. The molecule has 9 N–H and O–H groups in total. The first-order valence-corrected chi connectivity index (χ1v) is 14.5. The highest BCUT2D eigenvalue weighted by molar-refractivity contribution is 5.96.